The Morgan fingerprint density at radius 2 is 1.83 bits per heavy atom. The summed E-state index contributed by atoms with van der Waals surface area (Å²) >= 11 is 0. The summed E-state index contributed by atoms with van der Waals surface area (Å²) in [4.78, 5) is 2.64. The summed E-state index contributed by atoms with van der Waals surface area (Å²) in [6.45, 7) is 6.64. The van der Waals surface area contributed by atoms with E-state index in [0.29, 0.717) is 31.3 Å². The number of nitrogens with zero attached hydrogens (tertiary/aromatic N) is 1. The normalized spacial score (nSPS) is 19.9. The molecule has 6 nitrogen and oxygen atoms in total. The topological polar surface area (TPSA) is 67.9 Å². The van der Waals surface area contributed by atoms with Crippen LogP contribution in [0.2, 0.25) is 0 Å². The van der Waals surface area contributed by atoms with Crippen LogP contribution in [0.25, 0.3) is 0 Å². The molecule has 1 aromatic rings. The molecule has 2 aliphatic rings. The van der Waals surface area contributed by atoms with Crippen LogP contribution in [0.15, 0.2) is 23.1 Å². The van der Waals surface area contributed by atoms with Crippen molar-refractivity contribution in [3.8, 4) is 11.5 Å². The number of hydrogen-bond acceptors (Lipinski definition) is 5. The lowest BCUT2D eigenvalue weighted by molar-refractivity contribution is 0.171. The van der Waals surface area contributed by atoms with Gasteiger partial charge < -0.3 is 14.4 Å². The molecule has 0 bridgehead atoms. The Morgan fingerprint density at radius 3 is 2.58 bits per heavy atom. The molecule has 0 spiro atoms. The van der Waals surface area contributed by atoms with Crippen LogP contribution in [0.4, 0.5) is 0 Å². The Bertz CT molecular complexity index is 657. The van der Waals surface area contributed by atoms with Gasteiger partial charge in [-0.3, -0.25) is 0 Å². The molecule has 1 atom stereocenters. The largest absolute Gasteiger partial charge is 0.486 e. The zero-order chi connectivity index (χ0) is 17.0. The number of likely N-dealkylation sites (tertiary alicyclic amines) is 1. The summed E-state index contributed by atoms with van der Waals surface area (Å²) in [5.74, 6) is 1.36. The second-order valence-corrected chi connectivity index (χ2v) is 8.39. The van der Waals surface area contributed by atoms with E-state index >= 15 is 0 Å². The molecule has 2 aliphatic heterocycles. The van der Waals surface area contributed by atoms with E-state index in [1.54, 1.807) is 12.1 Å². The van der Waals surface area contributed by atoms with Crippen molar-refractivity contribution in [1.29, 1.82) is 0 Å². The van der Waals surface area contributed by atoms with Crippen LogP contribution in [-0.4, -0.2) is 52.7 Å². The van der Waals surface area contributed by atoms with Crippen molar-refractivity contribution in [1.82, 2.24) is 9.62 Å². The molecule has 1 N–H and O–H groups in total. The molecule has 0 aromatic heterocycles. The standard InChI is InChI=1S/C17H26N2O4S/c1-14(13-19-7-3-2-4-8-19)12-18-24(20,21)15-5-6-16-17(11-15)23-10-9-22-16/h5-6,11,14,18H,2-4,7-10,12-13H2,1H3/t14-/m1/s1. The van der Waals surface area contributed by atoms with Gasteiger partial charge in [0.2, 0.25) is 10.0 Å². The summed E-state index contributed by atoms with van der Waals surface area (Å²) in [5.41, 5.74) is 0. The van der Waals surface area contributed by atoms with E-state index in [0.717, 1.165) is 19.6 Å². The second-order valence-electron chi connectivity index (χ2n) is 6.62. The maximum absolute atomic E-state index is 12.5. The first-order valence-corrected chi connectivity index (χ1v) is 10.1. The van der Waals surface area contributed by atoms with E-state index in [1.165, 1.54) is 25.3 Å². The van der Waals surface area contributed by atoms with Crippen LogP contribution in [0, 0.1) is 5.92 Å². The van der Waals surface area contributed by atoms with Crippen molar-refractivity contribution in [3.05, 3.63) is 18.2 Å². The number of benzene rings is 1. The average Bonchev–Trinajstić information content (AvgIpc) is 2.60. The van der Waals surface area contributed by atoms with Crippen LogP contribution in [0.1, 0.15) is 26.2 Å². The first-order chi connectivity index (χ1) is 11.5. The van der Waals surface area contributed by atoms with Crippen LogP contribution >= 0.6 is 0 Å². The zero-order valence-corrected chi connectivity index (χ0v) is 15.0. The molecule has 0 aliphatic carbocycles. The van der Waals surface area contributed by atoms with E-state index in [-0.39, 0.29) is 10.8 Å². The lowest BCUT2D eigenvalue weighted by atomic mass is 10.1. The highest BCUT2D eigenvalue weighted by molar-refractivity contribution is 7.89. The van der Waals surface area contributed by atoms with E-state index in [4.69, 9.17) is 9.47 Å². The van der Waals surface area contributed by atoms with E-state index in [9.17, 15) is 8.42 Å². The molecule has 7 heteroatoms. The first kappa shape index (κ1) is 17.5. The molecule has 1 aromatic carbocycles. The number of rotatable bonds is 6. The Kier molecular flexibility index (Phi) is 5.63. The van der Waals surface area contributed by atoms with Crippen LogP contribution in [-0.2, 0) is 10.0 Å². The summed E-state index contributed by atoms with van der Waals surface area (Å²) in [6, 6.07) is 4.75. The van der Waals surface area contributed by atoms with Crippen LogP contribution in [0.3, 0.4) is 0 Å². The fraction of sp³-hybridized carbons (Fsp3) is 0.647. The Hall–Kier alpha value is -1.31. The molecule has 1 saturated heterocycles. The Morgan fingerprint density at radius 1 is 1.12 bits per heavy atom. The summed E-state index contributed by atoms with van der Waals surface area (Å²) < 4.78 is 38.6. The zero-order valence-electron chi connectivity index (χ0n) is 14.2. The van der Waals surface area contributed by atoms with E-state index < -0.39 is 10.0 Å². The van der Waals surface area contributed by atoms with Crippen molar-refractivity contribution in [2.24, 2.45) is 5.92 Å². The fourth-order valence-electron chi connectivity index (χ4n) is 3.17. The SMILES string of the molecule is C[C@H](CNS(=O)(=O)c1ccc2c(c1)OCCO2)CN1CCCCC1. The van der Waals surface area contributed by atoms with Gasteiger partial charge in [0.25, 0.3) is 0 Å². The van der Waals surface area contributed by atoms with Gasteiger partial charge in [-0.05, 0) is 44.0 Å². The number of sulfonamides is 1. The number of nitrogens with one attached hydrogen (secondary N) is 1. The molecular weight excluding hydrogens is 328 g/mol. The maximum Gasteiger partial charge on any atom is 0.240 e. The molecule has 1 fully saturated rings. The smallest absolute Gasteiger partial charge is 0.240 e. The highest BCUT2D eigenvalue weighted by atomic mass is 32.2. The van der Waals surface area contributed by atoms with E-state index in [2.05, 4.69) is 16.5 Å². The highest BCUT2D eigenvalue weighted by Gasteiger charge is 2.21. The number of hydrogen-bond donors (Lipinski definition) is 1. The highest BCUT2D eigenvalue weighted by Crippen LogP contribution is 2.32. The van der Waals surface area contributed by atoms with Gasteiger partial charge >= 0.3 is 0 Å². The number of piperidine rings is 1. The molecule has 0 unspecified atom stereocenters. The summed E-state index contributed by atoms with van der Waals surface area (Å²) in [7, 11) is -3.53. The first-order valence-electron chi connectivity index (χ1n) is 8.66. The monoisotopic (exact) mass is 354 g/mol. The van der Waals surface area contributed by atoms with Gasteiger partial charge in [-0.2, -0.15) is 0 Å². The quantitative estimate of drug-likeness (QED) is 0.844. The molecule has 134 valence electrons. The van der Waals surface area contributed by atoms with Gasteiger partial charge in [0.15, 0.2) is 11.5 Å². The molecule has 0 amide bonds. The third kappa shape index (κ3) is 4.40. The summed E-state index contributed by atoms with van der Waals surface area (Å²) in [5, 5.41) is 0. The van der Waals surface area contributed by atoms with Gasteiger partial charge in [-0.15, -0.1) is 0 Å². The molecule has 0 radical (unpaired) electrons. The predicted molar refractivity (Wildman–Crippen MR) is 92.1 cm³/mol. The minimum absolute atomic E-state index is 0.219. The Balaban J connectivity index is 1.57. The number of ether oxygens (including phenoxy) is 2. The molecule has 0 saturated carbocycles. The van der Waals surface area contributed by atoms with Crippen molar-refractivity contribution in [2.45, 2.75) is 31.1 Å². The number of fused-ring (bicyclic) bond motifs is 1. The van der Waals surface area contributed by atoms with Crippen molar-refractivity contribution >= 4 is 10.0 Å². The van der Waals surface area contributed by atoms with Gasteiger partial charge in [0.1, 0.15) is 13.2 Å². The minimum Gasteiger partial charge on any atom is -0.486 e. The van der Waals surface area contributed by atoms with Crippen LogP contribution < -0.4 is 14.2 Å². The predicted octanol–water partition coefficient (Wildman–Crippen LogP) is 1.86. The molecular formula is C17H26N2O4S. The average molecular weight is 354 g/mol. The van der Waals surface area contributed by atoms with Gasteiger partial charge in [0.05, 0.1) is 4.90 Å². The van der Waals surface area contributed by atoms with Gasteiger partial charge in [0, 0.05) is 19.2 Å². The van der Waals surface area contributed by atoms with Crippen molar-refractivity contribution < 1.29 is 17.9 Å². The van der Waals surface area contributed by atoms with Crippen molar-refractivity contribution in [3.63, 3.8) is 0 Å². The van der Waals surface area contributed by atoms with E-state index in [1.807, 2.05) is 0 Å². The third-order valence-electron chi connectivity index (χ3n) is 4.46. The maximum atomic E-state index is 12.5. The molecule has 24 heavy (non-hydrogen) atoms. The lowest BCUT2D eigenvalue weighted by Crippen LogP contribution is -2.38. The van der Waals surface area contributed by atoms with Crippen molar-refractivity contribution in [2.75, 3.05) is 39.4 Å². The van der Waals surface area contributed by atoms with Gasteiger partial charge in [-0.1, -0.05) is 13.3 Å². The lowest BCUT2D eigenvalue weighted by Gasteiger charge is -2.29. The Labute approximate surface area is 144 Å². The second kappa shape index (κ2) is 7.72. The summed E-state index contributed by atoms with van der Waals surface area (Å²) in [6.07, 6.45) is 3.80. The van der Waals surface area contributed by atoms with Crippen LogP contribution in [0.5, 0.6) is 11.5 Å². The van der Waals surface area contributed by atoms with Gasteiger partial charge in [-0.25, -0.2) is 13.1 Å². The third-order valence-corrected chi connectivity index (χ3v) is 5.89. The fourth-order valence-corrected chi connectivity index (χ4v) is 4.35. The minimum atomic E-state index is -3.53. The molecule has 3 rings (SSSR count). The molecule has 2 heterocycles.